The molecule has 121 heavy (non-hydrogen) atoms. The van der Waals surface area contributed by atoms with E-state index in [1.807, 2.05) is 121 Å². The van der Waals surface area contributed by atoms with Crippen molar-refractivity contribution in [3.8, 4) is 61.6 Å². The van der Waals surface area contributed by atoms with Crippen LogP contribution in [-0.2, 0) is 16.2 Å². The van der Waals surface area contributed by atoms with E-state index in [1.165, 1.54) is 10.6 Å². The number of nitrogens with zero attached hydrogens (tertiary/aromatic N) is 6. The minimum atomic E-state index is -0.838. The Bertz CT molecular complexity index is 8460. The third-order valence-corrected chi connectivity index (χ3v) is 24.3. The molecule has 0 amide bonds. The summed E-state index contributed by atoms with van der Waals surface area (Å²) in [6, 6.07) is 78.7. The first kappa shape index (κ1) is 54.6. The highest BCUT2D eigenvalue weighted by atomic mass is 15.2. The Labute approximate surface area is 736 Å². The number of fused-ring (bicyclic) bond motifs is 13. The highest BCUT2D eigenvalue weighted by Gasteiger charge is 2.46. The number of aromatic nitrogens is 3. The molecule has 0 N–H and O–H groups in total. The first-order valence-electron chi connectivity index (χ1n) is 50.9. The Morgan fingerprint density at radius 1 is 0.256 bits per heavy atom. The molecule has 2 aliphatic heterocycles. The number of benzene rings is 17. The topological polar surface area (TPSA) is 24.5 Å². The zero-order valence-electron chi connectivity index (χ0n) is 88.2. The molecule has 6 nitrogen and oxygen atoms in total. The molecule has 5 heterocycles. The van der Waals surface area contributed by atoms with Gasteiger partial charge in [0.05, 0.1) is 71.9 Å². The molecule has 0 unspecified atom stereocenters. The third kappa shape index (κ3) is 12.1. The monoisotopic (exact) mass is 1570 g/mol. The summed E-state index contributed by atoms with van der Waals surface area (Å²) < 4.78 is 196. The highest BCUT2D eigenvalue weighted by molar-refractivity contribution is 7.00. The van der Waals surface area contributed by atoms with Gasteiger partial charge in [0.2, 0.25) is 0 Å². The fraction of sp³-hybridized carbons (Fsp3) is 0.105. The van der Waals surface area contributed by atoms with Gasteiger partial charge in [0, 0.05) is 100 Å². The van der Waals surface area contributed by atoms with E-state index in [2.05, 4.69) is 192 Å². The number of rotatable bonds is 12. The molecule has 0 saturated carbocycles. The van der Waals surface area contributed by atoms with Crippen LogP contribution in [0.2, 0.25) is 0 Å². The molecule has 0 fully saturated rings. The zero-order chi connectivity index (χ0) is 99.1. The lowest BCUT2D eigenvalue weighted by molar-refractivity contribution is 0.590. The molecule has 22 rings (SSSR count). The molecule has 20 aromatic rings. The van der Waals surface area contributed by atoms with Crippen molar-refractivity contribution in [3.63, 3.8) is 0 Å². The van der Waals surface area contributed by atoms with Crippen LogP contribution in [0.25, 0.3) is 127 Å². The van der Waals surface area contributed by atoms with Gasteiger partial charge in [0.1, 0.15) is 0 Å². The van der Waals surface area contributed by atoms with Crippen molar-refractivity contribution >= 4 is 140 Å². The summed E-state index contributed by atoms with van der Waals surface area (Å²) in [6.07, 6.45) is 0. The van der Waals surface area contributed by atoms with Gasteiger partial charge in [-0.2, -0.15) is 0 Å². The third-order valence-electron chi connectivity index (χ3n) is 24.3. The Morgan fingerprint density at radius 3 is 1.15 bits per heavy atom. The van der Waals surface area contributed by atoms with Crippen LogP contribution in [0.4, 0.5) is 51.2 Å². The van der Waals surface area contributed by atoms with Crippen LogP contribution in [0.1, 0.15) is 106 Å². The van der Waals surface area contributed by atoms with Gasteiger partial charge in [-0.1, -0.05) is 299 Å². The van der Waals surface area contributed by atoms with Gasteiger partial charge in [-0.05, 0) is 234 Å². The SMILES string of the molecule is [2H]c1cc(N(c2ccc(-n3c4c([2H])c([2H])c([2H])c([2H])c4c4c([2H])c([2H])c([2H])c([2H])c43)cc2)c2ccc3c(c2)N(c2cc(-c4ccccc4)cc(-c4ccccc4)c2)c2cc(-n4c5c([2H])c([2H])c([2H])c([2H])c5c5c([2H])c([2H])c([2H])c([2H])c54)cc4c2B3c2ccc(-n3c5ccc(C(C)(C)C)cc5c5cc(C(C)(C)C)ccc53)cc2N4c2c(-c3ccccc3)cc(C(C)(C)C)cc2-c2ccccc2)c([2H])c([2H])c1[2H]. The summed E-state index contributed by atoms with van der Waals surface area (Å²) in [7, 11) is 0. The van der Waals surface area contributed by atoms with Gasteiger partial charge in [-0.15, -0.1) is 0 Å². The molecule has 580 valence electrons. The van der Waals surface area contributed by atoms with E-state index in [0.717, 1.165) is 111 Å². The highest BCUT2D eigenvalue weighted by Crippen LogP contribution is 2.55. The van der Waals surface area contributed by atoms with E-state index in [1.54, 1.807) is 33.7 Å². The van der Waals surface area contributed by atoms with Crippen molar-refractivity contribution in [2.45, 2.75) is 78.6 Å². The Balaban J connectivity index is 0.929. The van der Waals surface area contributed by atoms with Crippen molar-refractivity contribution in [2.24, 2.45) is 0 Å². The van der Waals surface area contributed by atoms with E-state index in [4.69, 9.17) is 6.85 Å². The van der Waals surface area contributed by atoms with Crippen LogP contribution in [0.3, 0.4) is 0 Å². The van der Waals surface area contributed by atoms with E-state index in [0.29, 0.717) is 39.8 Å². The minimum absolute atomic E-state index is 0.0135. The second kappa shape index (κ2) is 28.2. The maximum Gasteiger partial charge on any atom is 0.252 e. The summed E-state index contributed by atoms with van der Waals surface area (Å²) >= 11 is 0. The van der Waals surface area contributed by atoms with Crippen molar-refractivity contribution in [1.82, 2.24) is 13.7 Å². The lowest BCUT2D eigenvalue weighted by Crippen LogP contribution is -2.61. The largest absolute Gasteiger partial charge is 0.311 e. The zero-order valence-corrected chi connectivity index (χ0v) is 68.2. The van der Waals surface area contributed by atoms with Gasteiger partial charge in [0.15, 0.2) is 0 Å². The fourth-order valence-corrected chi connectivity index (χ4v) is 18.4. The molecule has 3 aromatic heterocycles. The quantitative estimate of drug-likeness (QED) is 0.114. The molecule has 7 heteroatoms. The fourth-order valence-electron chi connectivity index (χ4n) is 18.4. The van der Waals surface area contributed by atoms with Crippen molar-refractivity contribution < 1.29 is 27.4 Å². The van der Waals surface area contributed by atoms with E-state index in [9.17, 15) is 20.6 Å². The molecule has 0 saturated heterocycles. The van der Waals surface area contributed by atoms with Crippen LogP contribution >= 0.6 is 0 Å². The van der Waals surface area contributed by atoms with E-state index in [-0.39, 0.29) is 77.5 Å². The molecule has 2 aliphatic rings. The molecular formula is C114H91BN6. The van der Waals surface area contributed by atoms with E-state index >= 15 is 0 Å². The second-order valence-electron chi connectivity index (χ2n) is 34.7. The van der Waals surface area contributed by atoms with E-state index < -0.39 is 127 Å². The Kier molecular flexibility index (Phi) is 12.7. The molecular weight excluding hydrogens is 1460 g/mol. The standard InChI is InChI=1S/C114H91BN6/c1-112(2,3)80-51-61-104-96(66-80)97-67-81(113(4,5)6)52-62-105(97)118(104)87-58-60-99-107(71-87)121(111-94(76-37-19-12-20-38-76)68-82(114(7,8)9)69-95(111)77-39-21-13-22-40-77)109-73-89(119-102-49-31-27-45-92(102)93-46-28-32-50-103(93)119)72-108-110(109)115(99)98-59-57-86(70-106(98)120(108)88-64-78(74-33-15-10-16-34-74)63-79(65-88)75-35-17-11-18-36-75)116(83-41-23-14-24-42-83)84-53-55-85(56-54-84)117-100-47-29-25-43-90(100)91-44-26-30-48-101(91)117/h10-73H,1-9H3/i14D,23D,24D,25D,26D,27D,28D,29D,30D,31D,32D,41D,43D,44D,45D,46D,47D,48D,49D,50D. The molecule has 0 radical (unpaired) electrons. The molecule has 0 spiro atoms. The van der Waals surface area contributed by atoms with Crippen molar-refractivity contribution in [1.29, 1.82) is 0 Å². The maximum atomic E-state index is 10.4. The Morgan fingerprint density at radius 2 is 0.661 bits per heavy atom. The first-order chi connectivity index (χ1) is 67.2. The number of para-hydroxylation sites is 5. The van der Waals surface area contributed by atoms with Crippen LogP contribution in [0, 0.1) is 0 Å². The normalized spacial score (nSPS) is 15.1. The second-order valence-corrected chi connectivity index (χ2v) is 34.7. The molecule has 0 atom stereocenters. The molecule has 17 aromatic carbocycles. The van der Waals surface area contributed by atoms with Crippen LogP contribution in [0.5, 0.6) is 0 Å². The van der Waals surface area contributed by atoms with Gasteiger partial charge in [-0.25, -0.2) is 0 Å². The van der Waals surface area contributed by atoms with Crippen LogP contribution in [0.15, 0.2) is 388 Å². The predicted octanol–water partition coefficient (Wildman–Crippen LogP) is 29.1. The number of hydrogen-bond donors (Lipinski definition) is 0. The van der Waals surface area contributed by atoms with Gasteiger partial charge < -0.3 is 28.4 Å². The predicted molar refractivity (Wildman–Crippen MR) is 516 cm³/mol. The van der Waals surface area contributed by atoms with Gasteiger partial charge >= 0.3 is 0 Å². The van der Waals surface area contributed by atoms with Crippen molar-refractivity contribution in [2.75, 3.05) is 14.7 Å². The maximum absolute atomic E-state index is 10.4. The van der Waals surface area contributed by atoms with Crippen LogP contribution < -0.4 is 31.1 Å². The Hall–Kier alpha value is -14.4. The van der Waals surface area contributed by atoms with Crippen LogP contribution in [-0.4, -0.2) is 20.4 Å². The average Bonchev–Trinajstić information content (AvgIpc) is 1.70. The van der Waals surface area contributed by atoms with Crippen molar-refractivity contribution in [3.05, 3.63) is 404 Å². The van der Waals surface area contributed by atoms with Gasteiger partial charge in [-0.3, -0.25) is 0 Å². The lowest BCUT2D eigenvalue weighted by atomic mass is 9.33. The summed E-state index contributed by atoms with van der Waals surface area (Å²) in [6.45, 7) is 19.1. The number of hydrogen-bond acceptors (Lipinski definition) is 3. The molecule has 0 bridgehead atoms. The minimum Gasteiger partial charge on any atom is -0.311 e. The summed E-state index contributed by atoms with van der Waals surface area (Å²) in [4.78, 5) is 6.22. The smallest absolute Gasteiger partial charge is 0.252 e. The summed E-state index contributed by atoms with van der Waals surface area (Å²) in [5.74, 6) is 0. The van der Waals surface area contributed by atoms with Gasteiger partial charge in [0.25, 0.3) is 6.71 Å². The lowest BCUT2D eigenvalue weighted by Gasteiger charge is -2.46. The number of anilines is 9. The first-order valence-corrected chi connectivity index (χ1v) is 40.9. The summed E-state index contributed by atoms with van der Waals surface area (Å²) in [5.41, 5.74) is 18.1. The molecule has 0 aliphatic carbocycles. The summed E-state index contributed by atoms with van der Waals surface area (Å²) in [5, 5.41) is 1.58. The average molecular weight is 1580 g/mol.